The van der Waals surface area contributed by atoms with Gasteiger partial charge < -0.3 is 5.11 Å². The minimum Gasteiger partial charge on any atom is -0.396 e. The molecule has 4 nitrogen and oxygen atoms in total. The normalized spacial score (nSPS) is 18.0. The van der Waals surface area contributed by atoms with Crippen molar-refractivity contribution in [3.05, 3.63) is 29.8 Å². The molecule has 2 rings (SSSR count). The van der Waals surface area contributed by atoms with Crippen LogP contribution in [0.5, 0.6) is 0 Å². The van der Waals surface area contributed by atoms with Gasteiger partial charge in [0.25, 0.3) is 0 Å². The van der Waals surface area contributed by atoms with Crippen LogP contribution in [0.25, 0.3) is 0 Å². The van der Waals surface area contributed by atoms with Crippen LogP contribution in [0.2, 0.25) is 0 Å². The van der Waals surface area contributed by atoms with E-state index in [0.717, 1.165) is 18.4 Å². The van der Waals surface area contributed by atoms with Gasteiger partial charge in [-0.1, -0.05) is 18.2 Å². The molecule has 0 heterocycles. The summed E-state index contributed by atoms with van der Waals surface area (Å²) in [5.41, 5.74) is 0.518. The zero-order valence-electron chi connectivity index (χ0n) is 9.81. The molecule has 1 aromatic rings. The van der Waals surface area contributed by atoms with Crippen molar-refractivity contribution >= 4 is 10.0 Å². The molecule has 0 atom stereocenters. The van der Waals surface area contributed by atoms with Crippen LogP contribution < -0.4 is 4.72 Å². The van der Waals surface area contributed by atoms with E-state index < -0.39 is 10.0 Å². The van der Waals surface area contributed by atoms with Crippen LogP contribution in [0, 0.1) is 12.3 Å². The second-order valence-corrected chi connectivity index (χ2v) is 6.48. The van der Waals surface area contributed by atoms with Crippen molar-refractivity contribution in [1.29, 1.82) is 0 Å². The Bertz CT molecular complexity index is 506. The fourth-order valence-corrected chi connectivity index (χ4v) is 3.15. The van der Waals surface area contributed by atoms with Crippen LogP contribution >= 0.6 is 0 Å². The Morgan fingerprint density at radius 3 is 2.53 bits per heavy atom. The minimum absolute atomic E-state index is 0.0449. The Hall–Kier alpha value is -0.910. The van der Waals surface area contributed by atoms with Crippen molar-refractivity contribution in [3.63, 3.8) is 0 Å². The molecule has 17 heavy (non-hydrogen) atoms. The number of rotatable bonds is 5. The molecule has 5 heteroatoms. The summed E-state index contributed by atoms with van der Waals surface area (Å²) in [4.78, 5) is 0.314. The topological polar surface area (TPSA) is 66.4 Å². The number of hydrogen-bond donors (Lipinski definition) is 2. The molecule has 0 saturated heterocycles. The Labute approximate surface area is 102 Å². The number of nitrogens with one attached hydrogen (secondary N) is 1. The van der Waals surface area contributed by atoms with Crippen LogP contribution in [-0.2, 0) is 10.0 Å². The van der Waals surface area contributed by atoms with E-state index in [1.807, 2.05) is 6.07 Å². The first-order chi connectivity index (χ1) is 7.99. The molecule has 0 unspecified atom stereocenters. The van der Waals surface area contributed by atoms with Gasteiger partial charge in [-0.15, -0.1) is 0 Å². The molecular weight excluding hydrogens is 238 g/mol. The highest BCUT2D eigenvalue weighted by Gasteiger charge is 2.42. The molecular formula is C12H17NO3S. The molecule has 1 aliphatic rings. The minimum atomic E-state index is -3.46. The summed E-state index contributed by atoms with van der Waals surface area (Å²) in [6.45, 7) is 2.14. The molecule has 0 amide bonds. The molecule has 0 spiro atoms. The molecule has 1 aromatic carbocycles. The molecule has 94 valence electrons. The molecule has 0 aromatic heterocycles. The maximum absolute atomic E-state index is 12.1. The first kappa shape index (κ1) is 12.5. The Kier molecular flexibility index (Phi) is 3.25. The van der Waals surface area contributed by atoms with Gasteiger partial charge in [0.2, 0.25) is 10.0 Å². The third kappa shape index (κ3) is 2.68. The van der Waals surface area contributed by atoms with E-state index in [0.29, 0.717) is 11.4 Å². The summed E-state index contributed by atoms with van der Waals surface area (Å²) in [6.07, 6.45) is 1.78. The first-order valence-corrected chi connectivity index (χ1v) is 7.14. The van der Waals surface area contributed by atoms with Gasteiger partial charge in [0.05, 0.1) is 4.90 Å². The molecule has 2 N–H and O–H groups in total. The van der Waals surface area contributed by atoms with Gasteiger partial charge in [-0.05, 0) is 31.4 Å². The predicted octanol–water partition coefficient (Wildman–Crippen LogP) is 1.05. The summed E-state index contributed by atoms with van der Waals surface area (Å²) >= 11 is 0. The summed E-state index contributed by atoms with van der Waals surface area (Å²) in [5, 5.41) is 9.14. The highest BCUT2D eigenvalue weighted by atomic mass is 32.2. The average molecular weight is 255 g/mol. The fourth-order valence-electron chi connectivity index (χ4n) is 1.75. The first-order valence-electron chi connectivity index (χ1n) is 5.65. The molecule has 0 radical (unpaired) electrons. The van der Waals surface area contributed by atoms with Crippen molar-refractivity contribution in [1.82, 2.24) is 4.72 Å². The highest BCUT2D eigenvalue weighted by molar-refractivity contribution is 7.89. The van der Waals surface area contributed by atoms with Crippen LogP contribution in [-0.4, -0.2) is 26.7 Å². The number of sulfonamides is 1. The highest BCUT2D eigenvalue weighted by Crippen LogP contribution is 2.44. The van der Waals surface area contributed by atoms with Gasteiger partial charge in [-0.3, -0.25) is 0 Å². The lowest BCUT2D eigenvalue weighted by atomic mass is 10.1. The standard InChI is InChI=1S/C12H17NO3S/c1-10-4-2-3-5-11(10)17(15,16)13-8-12(9-14)6-7-12/h2-5,13-14H,6-9H2,1H3. The van der Waals surface area contributed by atoms with E-state index >= 15 is 0 Å². The molecule has 0 aliphatic heterocycles. The molecule has 1 fully saturated rings. The van der Waals surface area contributed by atoms with Gasteiger partial charge in [-0.25, -0.2) is 13.1 Å². The van der Waals surface area contributed by atoms with Crippen molar-refractivity contribution < 1.29 is 13.5 Å². The summed E-state index contributed by atoms with van der Waals surface area (Å²) in [6, 6.07) is 6.88. The quantitative estimate of drug-likeness (QED) is 0.826. The van der Waals surface area contributed by atoms with Gasteiger partial charge in [-0.2, -0.15) is 0 Å². The summed E-state index contributed by atoms with van der Waals surface area (Å²) in [7, 11) is -3.46. The lowest BCUT2D eigenvalue weighted by Crippen LogP contribution is -2.32. The van der Waals surface area contributed by atoms with E-state index in [2.05, 4.69) is 4.72 Å². The fraction of sp³-hybridized carbons (Fsp3) is 0.500. The Morgan fingerprint density at radius 2 is 2.00 bits per heavy atom. The van der Waals surface area contributed by atoms with Crippen LogP contribution in [0.4, 0.5) is 0 Å². The van der Waals surface area contributed by atoms with Crippen molar-refractivity contribution in [3.8, 4) is 0 Å². The smallest absolute Gasteiger partial charge is 0.240 e. The molecule has 1 saturated carbocycles. The van der Waals surface area contributed by atoms with Crippen molar-refractivity contribution in [2.24, 2.45) is 5.41 Å². The van der Waals surface area contributed by atoms with Gasteiger partial charge in [0.1, 0.15) is 0 Å². The molecule has 0 bridgehead atoms. The van der Waals surface area contributed by atoms with Gasteiger partial charge >= 0.3 is 0 Å². The Morgan fingerprint density at radius 1 is 1.35 bits per heavy atom. The maximum Gasteiger partial charge on any atom is 0.240 e. The number of benzene rings is 1. The van der Waals surface area contributed by atoms with E-state index in [-0.39, 0.29) is 12.0 Å². The van der Waals surface area contributed by atoms with E-state index in [1.54, 1.807) is 25.1 Å². The zero-order chi connectivity index (χ0) is 12.5. The number of aliphatic hydroxyl groups excluding tert-OH is 1. The van der Waals surface area contributed by atoms with E-state index in [4.69, 9.17) is 5.11 Å². The third-order valence-electron chi connectivity index (χ3n) is 3.31. The van der Waals surface area contributed by atoms with Crippen LogP contribution in [0.3, 0.4) is 0 Å². The Balaban J connectivity index is 2.12. The second-order valence-electron chi connectivity index (χ2n) is 4.75. The SMILES string of the molecule is Cc1ccccc1S(=O)(=O)NCC1(CO)CC1. The number of aliphatic hydroxyl groups is 1. The maximum atomic E-state index is 12.1. The zero-order valence-corrected chi connectivity index (χ0v) is 10.6. The van der Waals surface area contributed by atoms with Crippen LogP contribution in [0.1, 0.15) is 18.4 Å². The van der Waals surface area contributed by atoms with Gasteiger partial charge in [0.15, 0.2) is 0 Å². The number of hydrogen-bond acceptors (Lipinski definition) is 3. The van der Waals surface area contributed by atoms with Gasteiger partial charge in [0, 0.05) is 18.6 Å². The summed E-state index contributed by atoms with van der Waals surface area (Å²) in [5.74, 6) is 0. The number of aryl methyl sites for hydroxylation is 1. The molecule has 1 aliphatic carbocycles. The van der Waals surface area contributed by atoms with E-state index in [1.165, 1.54) is 0 Å². The third-order valence-corrected chi connectivity index (χ3v) is 4.87. The van der Waals surface area contributed by atoms with Crippen molar-refractivity contribution in [2.75, 3.05) is 13.2 Å². The predicted molar refractivity (Wildman–Crippen MR) is 65.1 cm³/mol. The lowest BCUT2D eigenvalue weighted by molar-refractivity contribution is 0.213. The largest absolute Gasteiger partial charge is 0.396 e. The lowest BCUT2D eigenvalue weighted by Gasteiger charge is -2.14. The van der Waals surface area contributed by atoms with Crippen molar-refractivity contribution in [2.45, 2.75) is 24.7 Å². The second kappa shape index (κ2) is 4.40. The average Bonchev–Trinajstić information content (AvgIpc) is 3.08. The monoisotopic (exact) mass is 255 g/mol. The van der Waals surface area contributed by atoms with Crippen LogP contribution in [0.15, 0.2) is 29.2 Å². The van der Waals surface area contributed by atoms with E-state index in [9.17, 15) is 8.42 Å². The summed E-state index contributed by atoms with van der Waals surface area (Å²) < 4.78 is 26.7.